The number of nitrogens with zero attached hydrogens (tertiary/aromatic N) is 1. The van der Waals surface area contributed by atoms with Gasteiger partial charge in [-0.1, -0.05) is 78.9 Å². The molecule has 4 aromatic rings. The summed E-state index contributed by atoms with van der Waals surface area (Å²) < 4.78 is 5.64. The van der Waals surface area contributed by atoms with E-state index in [1.165, 1.54) is 23.3 Å². The van der Waals surface area contributed by atoms with Gasteiger partial charge >= 0.3 is 12.0 Å². The van der Waals surface area contributed by atoms with Crippen LogP contribution in [0.15, 0.2) is 103 Å². The summed E-state index contributed by atoms with van der Waals surface area (Å²) in [4.78, 5) is 40.1. The number of aryl methyl sites for hydroxylation is 1. The second-order valence-electron chi connectivity index (χ2n) is 10.7. The molecule has 0 heterocycles. The smallest absolute Gasteiger partial charge is 0.335 e. The summed E-state index contributed by atoms with van der Waals surface area (Å²) in [5.74, 6) is -0.485. The first-order valence-electron chi connectivity index (χ1n) is 14.3. The van der Waals surface area contributed by atoms with Crippen molar-refractivity contribution in [3.8, 4) is 5.75 Å². The number of amides is 3. The summed E-state index contributed by atoms with van der Waals surface area (Å²) in [5, 5.41) is 14.6. The molecule has 0 aromatic heterocycles. The van der Waals surface area contributed by atoms with Crippen LogP contribution in [0, 0.1) is 5.92 Å². The first-order chi connectivity index (χ1) is 20.9. The van der Waals surface area contributed by atoms with E-state index in [-0.39, 0.29) is 30.0 Å². The summed E-state index contributed by atoms with van der Waals surface area (Å²) >= 11 is 0. The number of anilines is 1. The maximum atomic E-state index is 14.1. The van der Waals surface area contributed by atoms with E-state index in [1.54, 1.807) is 19.2 Å². The number of carbonyl (C=O) groups excluding carboxylic acids is 2. The van der Waals surface area contributed by atoms with Gasteiger partial charge in [0.1, 0.15) is 5.75 Å². The molecule has 2 atom stereocenters. The molecule has 43 heavy (non-hydrogen) atoms. The van der Waals surface area contributed by atoms with Crippen molar-refractivity contribution in [3.63, 3.8) is 0 Å². The van der Waals surface area contributed by atoms with Crippen LogP contribution in [0.2, 0.25) is 0 Å². The van der Waals surface area contributed by atoms with Crippen molar-refractivity contribution in [1.29, 1.82) is 0 Å². The van der Waals surface area contributed by atoms with Crippen LogP contribution in [0.5, 0.6) is 5.75 Å². The predicted molar refractivity (Wildman–Crippen MR) is 165 cm³/mol. The Balaban J connectivity index is 1.43. The lowest BCUT2D eigenvalue weighted by Gasteiger charge is -2.42. The van der Waals surface area contributed by atoms with Crippen LogP contribution in [-0.2, 0) is 24.2 Å². The number of carboxylic acids is 1. The fourth-order valence-corrected chi connectivity index (χ4v) is 5.88. The van der Waals surface area contributed by atoms with Gasteiger partial charge in [-0.05, 0) is 66.1 Å². The van der Waals surface area contributed by atoms with E-state index in [2.05, 4.69) is 34.9 Å². The number of carboxylic acid groups (broad SMARTS) is 1. The van der Waals surface area contributed by atoms with E-state index in [1.807, 2.05) is 59.5 Å². The van der Waals surface area contributed by atoms with Gasteiger partial charge in [-0.15, -0.1) is 0 Å². The van der Waals surface area contributed by atoms with Gasteiger partial charge in [0.25, 0.3) is 0 Å². The molecule has 0 bridgehead atoms. The molecule has 1 aliphatic carbocycles. The Kier molecular flexibility index (Phi) is 9.36. The highest BCUT2D eigenvalue weighted by molar-refractivity contribution is 5.94. The van der Waals surface area contributed by atoms with Crippen LogP contribution in [0.4, 0.5) is 10.5 Å². The Hall–Kier alpha value is -5.11. The minimum absolute atomic E-state index is 0.0530. The van der Waals surface area contributed by atoms with Crippen LogP contribution >= 0.6 is 0 Å². The van der Waals surface area contributed by atoms with E-state index in [4.69, 9.17) is 4.74 Å². The highest BCUT2D eigenvalue weighted by Gasteiger charge is 2.36. The van der Waals surface area contributed by atoms with Crippen molar-refractivity contribution in [2.45, 2.75) is 31.8 Å². The number of fused-ring (bicyclic) bond motifs is 1. The van der Waals surface area contributed by atoms with Crippen molar-refractivity contribution in [1.82, 2.24) is 10.2 Å². The summed E-state index contributed by atoms with van der Waals surface area (Å²) in [6.07, 6.45) is 2.65. The van der Waals surface area contributed by atoms with Gasteiger partial charge in [0.2, 0.25) is 5.91 Å². The van der Waals surface area contributed by atoms with Crippen molar-refractivity contribution in [2.75, 3.05) is 19.0 Å². The van der Waals surface area contributed by atoms with Gasteiger partial charge < -0.3 is 25.4 Å². The number of aromatic carboxylic acids is 1. The fraction of sp³-hybridized carbons (Fsp3) is 0.229. The molecule has 8 nitrogen and oxygen atoms in total. The van der Waals surface area contributed by atoms with Gasteiger partial charge in [-0.2, -0.15) is 0 Å². The van der Waals surface area contributed by atoms with Gasteiger partial charge in [0, 0.05) is 17.8 Å². The van der Waals surface area contributed by atoms with E-state index < -0.39 is 12.0 Å². The number of rotatable bonds is 10. The van der Waals surface area contributed by atoms with Gasteiger partial charge in [0.05, 0.1) is 25.3 Å². The normalized spacial score (nSPS) is 15.6. The molecular formula is C35H35N3O5. The molecule has 0 aliphatic heterocycles. The minimum Gasteiger partial charge on any atom is -0.496 e. The molecule has 0 saturated carbocycles. The van der Waals surface area contributed by atoms with Gasteiger partial charge in [0.15, 0.2) is 0 Å². The van der Waals surface area contributed by atoms with Gasteiger partial charge in [-0.25, -0.2) is 9.59 Å². The Labute approximate surface area is 251 Å². The molecule has 0 fully saturated rings. The lowest BCUT2D eigenvalue weighted by molar-refractivity contribution is -0.135. The molecule has 1 aliphatic rings. The molecular weight excluding hydrogens is 542 g/mol. The molecule has 0 spiro atoms. The number of hydrogen-bond acceptors (Lipinski definition) is 4. The topological polar surface area (TPSA) is 108 Å². The molecule has 0 radical (unpaired) electrons. The standard InChI is InChI=1S/C35H35N3O5/c1-43-31-17-8-6-13-28(31)23-38(32(39)22-36-35(42)37-29-15-9-14-27(21-29)34(40)41)33-26(20-24-10-3-2-4-11-24)19-18-25-12-5-7-16-30(25)33/h2-17,21,26,33H,18-20,22-23H2,1H3,(H,40,41)(H2,36,37,42)/t26-,33?/m0/s1. The number of hydrogen-bond donors (Lipinski definition) is 3. The Morgan fingerprint density at radius 1 is 0.907 bits per heavy atom. The number of urea groups is 1. The Bertz CT molecular complexity index is 1590. The van der Waals surface area contributed by atoms with E-state index in [9.17, 15) is 19.5 Å². The van der Waals surface area contributed by atoms with Gasteiger partial charge in [-0.3, -0.25) is 4.79 Å². The second-order valence-corrected chi connectivity index (χ2v) is 10.7. The molecule has 8 heteroatoms. The predicted octanol–water partition coefficient (Wildman–Crippen LogP) is 6.09. The molecule has 0 saturated heterocycles. The maximum Gasteiger partial charge on any atom is 0.335 e. The molecule has 4 aromatic carbocycles. The number of carbonyl (C=O) groups is 3. The Morgan fingerprint density at radius 2 is 1.65 bits per heavy atom. The van der Waals surface area contributed by atoms with Crippen molar-refractivity contribution in [3.05, 3.63) is 131 Å². The van der Waals surface area contributed by atoms with Crippen LogP contribution in [0.1, 0.15) is 45.1 Å². The summed E-state index contributed by atoms with van der Waals surface area (Å²) in [5.41, 5.74) is 4.79. The highest BCUT2D eigenvalue weighted by Crippen LogP contribution is 2.41. The number of methoxy groups -OCH3 is 1. The molecule has 3 N–H and O–H groups in total. The molecule has 5 rings (SSSR count). The van der Waals surface area contributed by atoms with Crippen molar-refractivity contribution >= 4 is 23.6 Å². The van der Waals surface area contributed by atoms with E-state index >= 15 is 0 Å². The summed E-state index contributed by atoms with van der Waals surface area (Å²) in [6.45, 7) is 0.0629. The first kappa shape index (κ1) is 29.4. The second kappa shape index (κ2) is 13.7. The number of ether oxygens (including phenoxy) is 1. The first-order valence-corrected chi connectivity index (χ1v) is 14.3. The third kappa shape index (κ3) is 7.22. The van der Waals surface area contributed by atoms with Crippen LogP contribution < -0.4 is 15.4 Å². The lowest BCUT2D eigenvalue weighted by Crippen LogP contribution is -2.46. The fourth-order valence-electron chi connectivity index (χ4n) is 5.88. The Morgan fingerprint density at radius 3 is 2.44 bits per heavy atom. The third-order valence-electron chi connectivity index (χ3n) is 7.90. The number of nitrogens with one attached hydrogen (secondary N) is 2. The molecule has 1 unspecified atom stereocenters. The van der Waals surface area contributed by atoms with Crippen LogP contribution in [0.3, 0.4) is 0 Å². The molecule has 3 amide bonds. The average molecular weight is 578 g/mol. The average Bonchev–Trinajstić information content (AvgIpc) is 3.03. The zero-order chi connectivity index (χ0) is 30.2. The zero-order valence-electron chi connectivity index (χ0n) is 24.0. The third-order valence-corrected chi connectivity index (χ3v) is 7.90. The van der Waals surface area contributed by atoms with Crippen LogP contribution in [0.25, 0.3) is 0 Å². The summed E-state index contributed by atoms with van der Waals surface area (Å²) in [7, 11) is 1.62. The molecule has 220 valence electrons. The number of benzene rings is 4. The zero-order valence-corrected chi connectivity index (χ0v) is 24.0. The quantitative estimate of drug-likeness (QED) is 0.211. The minimum atomic E-state index is -1.09. The number of para-hydroxylation sites is 1. The van der Waals surface area contributed by atoms with Crippen molar-refractivity contribution in [2.24, 2.45) is 5.92 Å². The van der Waals surface area contributed by atoms with E-state index in [0.29, 0.717) is 18.0 Å². The maximum absolute atomic E-state index is 14.1. The monoisotopic (exact) mass is 577 g/mol. The summed E-state index contributed by atoms with van der Waals surface area (Å²) in [6, 6.07) is 31.4. The highest BCUT2D eigenvalue weighted by atomic mass is 16.5. The van der Waals surface area contributed by atoms with E-state index in [0.717, 1.165) is 30.4 Å². The SMILES string of the molecule is COc1ccccc1CN(C(=O)CNC(=O)Nc1cccc(C(=O)O)c1)C1c2ccccc2CC[C@H]1Cc1ccccc1. The van der Waals surface area contributed by atoms with Crippen LogP contribution in [-0.4, -0.2) is 41.6 Å². The van der Waals surface area contributed by atoms with Crippen molar-refractivity contribution < 1.29 is 24.2 Å². The largest absolute Gasteiger partial charge is 0.496 e. The lowest BCUT2D eigenvalue weighted by atomic mass is 9.76.